The van der Waals surface area contributed by atoms with E-state index in [0.29, 0.717) is 0 Å². The van der Waals surface area contributed by atoms with E-state index in [1.54, 1.807) is 0 Å². The summed E-state index contributed by atoms with van der Waals surface area (Å²) in [6.07, 6.45) is 4.90. The van der Waals surface area contributed by atoms with Gasteiger partial charge in [-0.15, -0.1) is 0 Å². The van der Waals surface area contributed by atoms with Crippen LogP contribution in [0, 0.1) is 0 Å². The standard InChI is InChI=1S/C11H21NO2/c1-11(2,13)5-3-4-6-12-7-9-14-10-8-12/h3-4,13H,5-10H2,1-2H3/b4-3+. The van der Waals surface area contributed by atoms with Crippen LogP contribution in [0.15, 0.2) is 12.2 Å². The minimum absolute atomic E-state index is 0.582. The van der Waals surface area contributed by atoms with Crippen molar-refractivity contribution in [2.45, 2.75) is 25.9 Å². The minimum Gasteiger partial charge on any atom is -0.390 e. The van der Waals surface area contributed by atoms with Gasteiger partial charge in [-0.3, -0.25) is 4.90 Å². The molecule has 3 nitrogen and oxygen atoms in total. The lowest BCUT2D eigenvalue weighted by Crippen LogP contribution is -2.36. The molecule has 0 aromatic heterocycles. The van der Waals surface area contributed by atoms with Crippen LogP contribution in [0.1, 0.15) is 20.3 Å². The lowest BCUT2D eigenvalue weighted by molar-refractivity contribution is 0.0432. The van der Waals surface area contributed by atoms with Crippen molar-refractivity contribution in [3.8, 4) is 0 Å². The quantitative estimate of drug-likeness (QED) is 0.687. The molecule has 0 unspecified atom stereocenters. The zero-order valence-electron chi connectivity index (χ0n) is 9.20. The molecule has 0 saturated carbocycles. The Morgan fingerprint density at radius 3 is 2.50 bits per heavy atom. The van der Waals surface area contributed by atoms with E-state index in [0.717, 1.165) is 39.3 Å². The Balaban J connectivity index is 2.12. The topological polar surface area (TPSA) is 32.7 Å². The fourth-order valence-corrected chi connectivity index (χ4v) is 1.38. The monoisotopic (exact) mass is 199 g/mol. The Morgan fingerprint density at radius 1 is 1.29 bits per heavy atom. The highest BCUT2D eigenvalue weighted by atomic mass is 16.5. The minimum atomic E-state index is -0.582. The van der Waals surface area contributed by atoms with Gasteiger partial charge in [0, 0.05) is 19.6 Å². The van der Waals surface area contributed by atoms with Crippen molar-refractivity contribution in [2.75, 3.05) is 32.8 Å². The molecule has 0 radical (unpaired) electrons. The first-order valence-electron chi connectivity index (χ1n) is 5.25. The van der Waals surface area contributed by atoms with E-state index in [2.05, 4.69) is 17.1 Å². The van der Waals surface area contributed by atoms with Gasteiger partial charge in [0.15, 0.2) is 0 Å². The van der Waals surface area contributed by atoms with Crippen molar-refractivity contribution in [1.29, 1.82) is 0 Å². The Bertz CT molecular complexity index is 178. The van der Waals surface area contributed by atoms with Gasteiger partial charge in [0.25, 0.3) is 0 Å². The summed E-state index contributed by atoms with van der Waals surface area (Å²) in [7, 11) is 0. The van der Waals surface area contributed by atoms with Crippen LogP contribution >= 0.6 is 0 Å². The SMILES string of the molecule is CC(C)(O)C/C=C/CN1CCOCC1. The third kappa shape index (κ3) is 5.37. The van der Waals surface area contributed by atoms with E-state index in [-0.39, 0.29) is 0 Å². The van der Waals surface area contributed by atoms with Crippen LogP contribution < -0.4 is 0 Å². The second-order valence-corrected chi connectivity index (χ2v) is 4.40. The van der Waals surface area contributed by atoms with Crippen molar-refractivity contribution in [3.05, 3.63) is 12.2 Å². The molecule has 0 aliphatic carbocycles. The summed E-state index contributed by atoms with van der Waals surface area (Å²) in [6, 6.07) is 0. The van der Waals surface area contributed by atoms with Crippen molar-refractivity contribution in [1.82, 2.24) is 4.90 Å². The zero-order valence-corrected chi connectivity index (χ0v) is 9.20. The van der Waals surface area contributed by atoms with Gasteiger partial charge in [-0.1, -0.05) is 12.2 Å². The van der Waals surface area contributed by atoms with E-state index in [4.69, 9.17) is 4.74 Å². The Kier molecular flexibility index (Phi) is 4.58. The first-order chi connectivity index (χ1) is 6.58. The molecule has 1 aliphatic heterocycles. The van der Waals surface area contributed by atoms with Crippen LogP contribution in [-0.2, 0) is 4.74 Å². The predicted octanol–water partition coefficient (Wildman–Crippen LogP) is 1.04. The number of hydrogen-bond acceptors (Lipinski definition) is 3. The molecule has 1 rings (SSSR count). The maximum absolute atomic E-state index is 9.47. The summed E-state index contributed by atoms with van der Waals surface area (Å²) in [5, 5.41) is 9.47. The molecule has 0 atom stereocenters. The van der Waals surface area contributed by atoms with E-state index in [9.17, 15) is 5.11 Å². The molecule has 0 aromatic carbocycles. The summed E-state index contributed by atoms with van der Waals surface area (Å²) < 4.78 is 5.25. The van der Waals surface area contributed by atoms with Crippen LogP contribution in [0.5, 0.6) is 0 Å². The van der Waals surface area contributed by atoms with Gasteiger partial charge in [-0.25, -0.2) is 0 Å². The van der Waals surface area contributed by atoms with E-state index in [1.165, 1.54) is 0 Å². The van der Waals surface area contributed by atoms with Gasteiger partial charge in [0.2, 0.25) is 0 Å². The summed E-state index contributed by atoms with van der Waals surface area (Å²) in [6.45, 7) is 8.36. The van der Waals surface area contributed by atoms with Gasteiger partial charge >= 0.3 is 0 Å². The van der Waals surface area contributed by atoms with E-state index >= 15 is 0 Å². The fraction of sp³-hybridized carbons (Fsp3) is 0.818. The molecule has 1 fully saturated rings. The molecule has 1 saturated heterocycles. The van der Waals surface area contributed by atoms with Crippen LogP contribution in [-0.4, -0.2) is 48.5 Å². The zero-order chi connectivity index (χ0) is 10.4. The normalized spacial score (nSPS) is 20.5. The van der Waals surface area contributed by atoms with Crippen LogP contribution in [0.4, 0.5) is 0 Å². The third-order valence-electron chi connectivity index (χ3n) is 2.25. The molecule has 0 spiro atoms. The van der Waals surface area contributed by atoms with Crippen molar-refractivity contribution in [2.24, 2.45) is 0 Å². The summed E-state index contributed by atoms with van der Waals surface area (Å²) in [4.78, 5) is 2.35. The maximum Gasteiger partial charge on any atom is 0.0626 e. The third-order valence-corrected chi connectivity index (χ3v) is 2.25. The molecule has 14 heavy (non-hydrogen) atoms. The summed E-state index contributed by atoms with van der Waals surface area (Å²) in [5.74, 6) is 0. The molecular formula is C11H21NO2. The van der Waals surface area contributed by atoms with Gasteiger partial charge in [-0.05, 0) is 20.3 Å². The molecule has 0 amide bonds. The molecule has 82 valence electrons. The molecule has 1 heterocycles. The largest absolute Gasteiger partial charge is 0.390 e. The van der Waals surface area contributed by atoms with E-state index < -0.39 is 5.60 Å². The van der Waals surface area contributed by atoms with Gasteiger partial charge in [0.05, 0.1) is 18.8 Å². The Hall–Kier alpha value is -0.380. The average Bonchev–Trinajstić information content (AvgIpc) is 2.13. The highest BCUT2D eigenvalue weighted by Crippen LogP contribution is 2.07. The number of rotatable bonds is 4. The van der Waals surface area contributed by atoms with Gasteiger partial charge in [-0.2, -0.15) is 0 Å². The highest BCUT2D eigenvalue weighted by molar-refractivity contribution is 4.89. The highest BCUT2D eigenvalue weighted by Gasteiger charge is 2.10. The molecule has 1 N–H and O–H groups in total. The number of ether oxygens (including phenoxy) is 1. The molecule has 0 aromatic rings. The maximum atomic E-state index is 9.47. The number of aliphatic hydroxyl groups is 1. The Morgan fingerprint density at radius 2 is 1.93 bits per heavy atom. The van der Waals surface area contributed by atoms with Crippen LogP contribution in [0.25, 0.3) is 0 Å². The number of morpholine rings is 1. The fourth-order valence-electron chi connectivity index (χ4n) is 1.38. The Labute approximate surface area is 86.4 Å². The summed E-state index contributed by atoms with van der Waals surface area (Å²) in [5.41, 5.74) is -0.582. The second kappa shape index (κ2) is 5.49. The average molecular weight is 199 g/mol. The van der Waals surface area contributed by atoms with Gasteiger partial charge in [0.1, 0.15) is 0 Å². The van der Waals surface area contributed by atoms with Gasteiger partial charge < -0.3 is 9.84 Å². The molecule has 3 heteroatoms. The lowest BCUT2D eigenvalue weighted by Gasteiger charge is -2.25. The van der Waals surface area contributed by atoms with Crippen LogP contribution in [0.2, 0.25) is 0 Å². The van der Waals surface area contributed by atoms with Crippen LogP contribution in [0.3, 0.4) is 0 Å². The molecule has 0 bridgehead atoms. The second-order valence-electron chi connectivity index (χ2n) is 4.40. The smallest absolute Gasteiger partial charge is 0.0626 e. The molecular weight excluding hydrogens is 178 g/mol. The van der Waals surface area contributed by atoms with Crippen molar-refractivity contribution in [3.63, 3.8) is 0 Å². The van der Waals surface area contributed by atoms with E-state index in [1.807, 2.05) is 13.8 Å². The lowest BCUT2D eigenvalue weighted by atomic mass is 10.1. The predicted molar refractivity (Wildman–Crippen MR) is 57.3 cm³/mol. The first-order valence-corrected chi connectivity index (χ1v) is 5.25. The van der Waals surface area contributed by atoms with Crippen molar-refractivity contribution >= 4 is 0 Å². The summed E-state index contributed by atoms with van der Waals surface area (Å²) >= 11 is 0. The first kappa shape index (κ1) is 11.7. The number of hydrogen-bond donors (Lipinski definition) is 1. The molecule has 1 aliphatic rings. The number of nitrogens with zero attached hydrogens (tertiary/aromatic N) is 1. The van der Waals surface area contributed by atoms with Crippen molar-refractivity contribution < 1.29 is 9.84 Å².